The summed E-state index contributed by atoms with van der Waals surface area (Å²) in [5.74, 6) is 0.0491. The summed E-state index contributed by atoms with van der Waals surface area (Å²) >= 11 is 0. The zero-order valence-electron chi connectivity index (χ0n) is 15.0. The van der Waals surface area contributed by atoms with Gasteiger partial charge in [-0.3, -0.25) is 9.59 Å². The van der Waals surface area contributed by atoms with Gasteiger partial charge in [0.15, 0.2) is 0 Å². The van der Waals surface area contributed by atoms with Crippen LogP contribution in [0.15, 0.2) is 24.3 Å². The molecule has 2 amide bonds. The average molecular weight is 366 g/mol. The number of para-hydroxylation sites is 1. The number of rotatable bonds is 3. The van der Waals surface area contributed by atoms with Crippen LogP contribution in [0, 0.1) is 11.3 Å². The molecule has 2 aliphatic heterocycles. The fourth-order valence-electron chi connectivity index (χ4n) is 3.69. The van der Waals surface area contributed by atoms with E-state index in [4.69, 9.17) is 5.73 Å². The van der Waals surface area contributed by atoms with E-state index >= 15 is 0 Å². The van der Waals surface area contributed by atoms with Gasteiger partial charge in [-0.05, 0) is 36.3 Å². The first-order valence-electron chi connectivity index (χ1n) is 8.79. The molecule has 138 valence electrons. The lowest BCUT2D eigenvalue weighted by atomic mass is 9.79. The van der Waals surface area contributed by atoms with Gasteiger partial charge < -0.3 is 16.0 Å². The predicted octanol–water partition coefficient (Wildman–Crippen LogP) is 2.59. The van der Waals surface area contributed by atoms with Crippen molar-refractivity contribution < 1.29 is 9.59 Å². The standard InChI is InChI=1S/C19H27N3O2.ClH/c1-19(2)12-22(10-9-16(19)20)17(23)8-7-14-11-13-5-3-4-6-15(13)21-18(14)24;/h3-6,14,16H,7-12,20H2,1-2H3,(H,21,24);1H. The first kappa shape index (κ1) is 19.7. The van der Waals surface area contributed by atoms with E-state index in [1.807, 2.05) is 29.2 Å². The molecule has 0 aromatic heterocycles. The normalized spacial score (nSPS) is 24.8. The predicted molar refractivity (Wildman–Crippen MR) is 102 cm³/mol. The highest BCUT2D eigenvalue weighted by molar-refractivity contribution is 5.96. The number of piperidine rings is 1. The molecule has 2 aliphatic rings. The number of hydrogen-bond acceptors (Lipinski definition) is 3. The number of nitrogens with zero attached hydrogens (tertiary/aromatic N) is 1. The Morgan fingerprint density at radius 3 is 2.80 bits per heavy atom. The van der Waals surface area contributed by atoms with E-state index in [0.717, 1.165) is 24.2 Å². The zero-order valence-corrected chi connectivity index (χ0v) is 15.8. The summed E-state index contributed by atoms with van der Waals surface area (Å²) in [5.41, 5.74) is 8.14. The number of halogens is 1. The van der Waals surface area contributed by atoms with Gasteiger partial charge in [0.1, 0.15) is 0 Å². The highest BCUT2D eigenvalue weighted by Crippen LogP contribution is 2.30. The molecule has 0 radical (unpaired) electrons. The van der Waals surface area contributed by atoms with E-state index in [-0.39, 0.29) is 41.6 Å². The van der Waals surface area contributed by atoms with Gasteiger partial charge in [0.25, 0.3) is 0 Å². The number of likely N-dealkylation sites (tertiary alicyclic amines) is 1. The molecule has 0 aliphatic carbocycles. The Morgan fingerprint density at radius 2 is 2.08 bits per heavy atom. The van der Waals surface area contributed by atoms with Gasteiger partial charge in [-0.2, -0.15) is 0 Å². The summed E-state index contributed by atoms with van der Waals surface area (Å²) in [6.07, 6.45) is 2.58. The number of anilines is 1. The summed E-state index contributed by atoms with van der Waals surface area (Å²) in [7, 11) is 0. The Bertz CT molecular complexity index is 647. The topological polar surface area (TPSA) is 75.4 Å². The van der Waals surface area contributed by atoms with Crippen molar-refractivity contribution in [1.82, 2.24) is 4.90 Å². The molecule has 25 heavy (non-hydrogen) atoms. The van der Waals surface area contributed by atoms with Gasteiger partial charge >= 0.3 is 0 Å². The van der Waals surface area contributed by atoms with Crippen LogP contribution < -0.4 is 11.1 Å². The lowest BCUT2D eigenvalue weighted by molar-refractivity contribution is -0.135. The summed E-state index contributed by atoms with van der Waals surface area (Å²) in [6, 6.07) is 8.01. The van der Waals surface area contributed by atoms with Crippen molar-refractivity contribution in [3.63, 3.8) is 0 Å². The smallest absolute Gasteiger partial charge is 0.227 e. The van der Waals surface area contributed by atoms with Crippen molar-refractivity contribution >= 4 is 29.9 Å². The quantitative estimate of drug-likeness (QED) is 0.864. The number of nitrogens with one attached hydrogen (secondary N) is 1. The van der Waals surface area contributed by atoms with E-state index in [1.165, 1.54) is 0 Å². The van der Waals surface area contributed by atoms with Crippen molar-refractivity contribution in [1.29, 1.82) is 0 Å². The number of fused-ring (bicyclic) bond motifs is 1. The lowest BCUT2D eigenvalue weighted by Crippen LogP contribution is -2.54. The van der Waals surface area contributed by atoms with Gasteiger partial charge in [-0.25, -0.2) is 0 Å². The summed E-state index contributed by atoms with van der Waals surface area (Å²) in [6.45, 7) is 5.65. The molecule has 2 atom stereocenters. The highest BCUT2D eigenvalue weighted by Gasteiger charge is 2.35. The first-order valence-corrected chi connectivity index (χ1v) is 8.79. The van der Waals surface area contributed by atoms with Crippen LogP contribution in [0.3, 0.4) is 0 Å². The van der Waals surface area contributed by atoms with Crippen LogP contribution in [0.1, 0.15) is 38.7 Å². The first-order chi connectivity index (χ1) is 11.4. The average Bonchev–Trinajstić information content (AvgIpc) is 2.55. The molecule has 6 heteroatoms. The maximum atomic E-state index is 12.5. The summed E-state index contributed by atoms with van der Waals surface area (Å²) in [5, 5.41) is 2.95. The lowest BCUT2D eigenvalue weighted by Gasteiger charge is -2.42. The van der Waals surface area contributed by atoms with E-state index in [1.54, 1.807) is 0 Å². The summed E-state index contributed by atoms with van der Waals surface area (Å²) < 4.78 is 0. The Hall–Kier alpha value is -1.59. The number of benzene rings is 1. The van der Waals surface area contributed by atoms with Crippen molar-refractivity contribution in [2.45, 2.75) is 45.6 Å². The van der Waals surface area contributed by atoms with E-state index in [0.29, 0.717) is 25.8 Å². The molecule has 1 aromatic carbocycles. The second-order valence-electron chi connectivity index (χ2n) is 7.79. The van der Waals surface area contributed by atoms with Crippen LogP contribution in [0.5, 0.6) is 0 Å². The molecular weight excluding hydrogens is 338 g/mol. The molecule has 5 nitrogen and oxygen atoms in total. The largest absolute Gasteiger partial charge is 0.342 e. The third-order valence-corrected chi connectivity index (χ3v) is 5.48. The fraction of sp³-hybridized carbons (Fsp3) is 0.579. The molecule has 1 fully saturated rings. The molecule has 2 unspecified atom stereocenters. The van der Waals surface area contributed by atoms with Gasteiger partial charge in [-0.15, -0.1) is 12.4 Å². The van der Waals surface area contributed by atoms with Crippen LogP contribution in [-0.2, 0) is 16.0 Å². The number of nitrogens with two attached hydrogens (primary N) is 1. The third kappa shape index (κ3) is 4.33. The van der Waals surface area contributed by atoms with Gasteiger partial charge in [0.05, 0.1) is 0 Å². The minimum atomic E-state index is -0.121. The number of hydrogen-bond donors (Lipinski definition) is 2. The van der Waals surface area contributed by atoms with Crippen LogP contribution in [0.25, 0.3) is 0 Å². The van der Waals surface area contributed by atoms with Crippen LogP contribution in [0.4, 0.5) is 5.69 Å². The Balaban J connectivity index is 0.00000225. The molecule has 1 aromatic rings. The van der Waals surface area contributed by atoms with Crippen LogP contribution >= 0.6 is 12.4 Å². The number of carbonyl (C=O) groups excluding carboxylic acids is 2. The zero-order chi connectivity index (χ0) is 17.3. The molecule has 3 rings (SSSR count). The van der Waals surface area contributed by atoms with Crippen LogP contribution in [-0.4, -0.2) is 35.8 Å². The molecule has 3 N–H and O–H groups in total. The van der Waals surface area contributed by atoms with Crippen molar-refractivity contribution in [3.8, 4) is 0 Å². The third-order valence-electron chi connectivity index (χ3n) is 5.48. The number of carbonyl (C=O) groups is 2. The monoisotopic (exact) mass is 365 g/mol. The minimum Gasteiger partial charge on any atom is -0.342 e. The molecule has 0 saturated carbocycles. The molecule has 0 spiro atoms. The maximum Gasteiger partial charge on any atom is 0.227 e. The second-order valence-corrected chi connectivity index (χ2v) is 7.79. The Labute approximate surface area is 155 Å². The van der Waals surface area contributed by atoms with Crippen molar-refractivity contribution in [2.75, 3.05) is 18.4 Å². The van der Waals surface area contributed by atoms with Crippen LogP contribution in [0.2, 0.25) is 0 Å². The van der Waals surface area contributed by atoms with Gasteiger partial charge in [0.2, 0.25) is 11.8 Å². The van der Waals surface area contributed by atoms with Gasteiger partial charge in [0, 0.05) is 37.2 Å². The highest BCUT2D eigenvalue weighted by atomic mass is 35.5. The Kier molecular flexibility index (Phi) is 6.12. The summed E-state index contributed by atoms with van der Waals surface area (Å²) in [4.78, 5) is 26.7. The molecular formula is C19H28ClN3O2. The van der Waals surface area contributed by atoms with E-state index in [9.17, 15) is 9.59 Å². The fourth-order valence-corrected chi connectivity index (χ4v) is 3.69. The molecule has 2 heterocycles. The van der Waals surface area contributed by atoms with Crippen molar-refractivity contribution in [2.24, 2.45) is 17.1 Å². The minimum absolute atomic E-state index is 0. The van der Waals surface area contributed by atoms with E-state index < -0.39 is 0 Å². The van der Waals surface area contributed by atoms with Crippen molar-refractivity contribution in [3.05, 3.63) is 29.8 Å². The number of amides is 2. The van der Waals surface area contributed by atoms with E-state index in [2.05, 4.69) is 19.2 Å². The molecule has 0 bridgehead atoms. The SMILES string of the molecule is CC1(C)CN(C(=O)CCC2Cc3ccccc3NC2=O)CCC1N.Cl. The second kappa shape index (κ2) is 7.75. The molecule has 1 saturated heterocycles. The van der Waals surface area contributed by atoms with Gasteiger partial charge in [-0.1, -0.05) is 32.0 Å². The maximum absolute atomic E-state index is 12.5. The Morgan fingerprint density at radius 1 is 1.36 bits per heavy atom.